The van der Waals surface area contributed by atoms with Gasteiger partial charge >= 0.3 is 0 Å². The molecular formula is C18H29Cl2FN2O. The van der Waals surface area contributed by atoms with Crippen molar-refractivity contribution >= 4 is 24.0 Å². The molecule has 0 spiro atoms. The van der Waals surface area contributed by atoms with E-state index in [2.05, 4.69) is 17.1 Å². The molecule has 1 atom stereocenters. The molecule has 0 aliphatic carbocycles. The van der Waals surface area contributed by atoms with Crippen molar-refractivity contribution in [2.45, 2.75) is 45.6 Å². The van der Waals surface area contributed by atoms with Gasteiger partial charge in [-0.15, -0.1) is 12.4 Å². The summed E-state index contributed by atoms with van der Waals surface area (Å²) in [5, 5.41) is 3.75. The van der Waals surface area contributed by atoms with Crippen molar-refractivity contribution in [3.8, 4) is 5.75 Å². The van der Waals surface area contributed by atoms with Gasteiger partial charge < -0.3 is 10.1 Å². The molecule has 1 aromatic carbocycles. The maximum atomic E-state index is 14.4. The molecule has 1 N–H and O–H groups in total. The summed E-state index contributed by atoms with van der Waals surface area (Å²) >= 11 is 6.26. The molecule has 2 rings (SSSR count). The Balaban J connectivity index is 0.00000288. The zero-order chi connectivity index (χ0) is 16.7. The van der Waals surface area contributed by atoms with Gasteiger partial charge in [0.05, 0.1) is 11.6 Å². The van der Waals surface area contributed by atoms with Gasteiger partial charge in [0.2, 0.25) is 0 Å². The minimum Gasteiger partial charge on any atom is -0.489 e. The molecule has 1 aromatic rings. The third-order valence-corrected chi connectivity index (χ3v) is 4.65. The zero-order valence-corrected chi connectivity index (χ0v) is 16.2. The smallest absolute Gasteiger partial charge is 0.173 e. The van der Waals surface area contributed by atoms with E-state index in [1.54, 1.807) is 6.07 Å². The largest absolute Gasteiger partial charge is 0.489 e. The van der Waals surface area contributed by atoms with E-state index in [4.69, 9.17) is 16.3 Å². The predicted molar refractivity (Wildman–Crippen MR) is 101 cm³/mol. The van der Waals surface area contributed by atoms with Gasteiger partial charge in [0, 0.05) is 32.2 Å². The summed E-state index contributed by atoms with van der Waals surface area (Å²) in [6, 6.07) is 3.72. The topological polar surface area (TPSA) is 24.5 Å². The van der Waals surface area contributed by atoms with Crippen LogP contribution in [-0.2, 0) is 0 Å². The van der Waals surface area contributed by atoms with E-state index in [9.17, 15) is 4.39 Å². The Labute approximate surface area is 156 Å². The van der Waals surface area contributed by atoms with E-state index < -0.39 is 0 Å². The molecule has 0 bridgehead atoms. The van der Waals surface area contributed by atoms with Crippen LogP contribution in [0, 0.1) is 5.82 Å². The predicted octanol–water partition coefficient (Wildman–Crippen LogP) is 4.83. The van der Waals surface area contributed by atoms with Gasteiger partial charge in [-0.25, -0.2) is 4.39 Å². The standard InChI is InChI=1S/C18H28ClFN2O.ClH/c1-3-5-6-7-17(22-10-8-21-9-11-22)14-12-15(19)18(23-4-2)16(20)13-14;/h12-13,17,21H,3-11H2,1-2H3;1H/t17-;/m1./s1. The minimum atomic E-state index is -0.357. The van der Waals surface area contributed by atoms with Crippen LogP contribution in [0.4, 0.5) is 4.39 Å². The molecule has 138 valence electrons. The van der Waals surface area contributed by atoms with E-state index in [1.807, 2.05) is 13.0 Å². The Morgan fingerprint density at radius 1 is 1.25 bits per heavy atom. The number of ether oxygens (including phenoxy) is 1. The molecule has 1 fully saturated rings. The maximum absolute atomic E-state index is 14.4. The van der Waals surface area contributed by atoms with Gasteiger partial charge in [-0.3, -0.25) is 4.90 Å². The number of benzene rings is 1. The summed E-state index contributed by atoms with van der Waals surface area (Å²) in [5.74, 6) is -0.185. The first-order valence-corrected chi connectivity index (χ1v) is 9.11. The maximum Gasteiger partial charge on any atom is 0.173 e. The van der Waals surface area contributed by atoms with Crippen LogP contribution < -0.4 is 10.1 Å². The van der Waals surface area contributed by atoms with Crippen molar-refractivity contribution in [3.05, 3.63) is 28.5 Å². The number of nitrogens with one attached hydrogen (secondary N) is 1. The highest BCUT2D eigenvalue weighted by molar-refractivity contribution is 6.32. The number of nitrogens with zero attached hydrogens (tertiary/aromatic N) is 1. The highest BCUT2D eigenvalue weighted by atomic mass is 35.5. The molecule has 0 aromatic heterocycles. The molecule has 0 saturated carbocycles. The lowest BCUT2D eigenvalue weighted by molar-refractivity contribution is 0.162. The van der Waals surface area contributed by atoms with Gasteiger partial charge in [0.1, 0.15) is 0 Å². The summed E-state index contributed by atoms with van der Waals surface area (Å²) in [4.78, 5) is 2.44. The molecule has 1 aliphatic heterocycles. The number of rotatable bonds is 8. The quantitative estimate of drug-likeness (QED) is 0.655. The molecule has 1 aliphatic rings. The average molecular weight is 379 g/mol. The lowest BCUT2D eigenvalue weighted by atomic mass is 9.97. The molecule has 0 unspecified atom stereocenters. The first-order chi connectivity index (χ1) is 11.2. The van der Waals surface area contributed by atoms with Crippen LogP contribution >= 0.6 is 24.0 Å². The second-order valence-electron chi connectivity index (χ2n) is 6.04. The second kappa shape index (κ2) is 11.1. The van der Waals surface area contributed by atoms with Crippen LogP contribution in [0.5, 0.6) is 5.75 Å². The van der Waals surface area contributed by atoms with Gasteiger partial charge in [-0.05, 0) is 31.0 Å². The molecule has 0 radical (unpaired) electrons. The molecule has 1 heterocycles. The number of piperazine rings is 1. The van der Waals surface area contributed by atoms with Gasteiger partial charge in [0.15, 0.2) is 11.6 Å². The fraction of sp³-hybridized carbons (Fsp3) is 0.667. The summed E-state index contributed by atoms with van der Waals surface area (Å²) in [6.45, 7) is 8.39. The van der Waals surface area contributed by atoms with Crippen molar-refractivity contribution in [2.24, 2.45) is 0 Å². The fourth-order valence-electron chi connectivity index (χ4n) is 3.20. The molecule has 24 heavy (non-hydrogen) atoms. The van der Waals surface area contributed by atoms with Crippen LogP contribution in [0.1, 0.15) is 51.1 Å². The van der Waals surface area contributed by atoms with E-state index >= 15 is 0 Å². The van der Waals surface area contributed by atoms with Crippen LogP contribution in [0.15, 0.2) is 12.1 Å². The Morgan fingerprint density at radius 2 is 1.96 bits per heavy atom. The average Bonchev–Trinajstić information content (AvgIpc) is 2.56. The fourth-order valence-corrected chi connectivity index (χ4v) is 3.47. The van der Waals surface area contributed by atoms with Crippen molar-refractivity contribution in [1.82, 2.24) is 10.2 Å². The molecule has 0 amide bonds. The lowest BCUT2D eigenvalue weighted by Crippen LogP contribution is -2.45. The van der Waals surface area contributed by atoms with E-state index in [0.29, 0.717) is 11.6 Å². The molecule has 1 saturated heterocycles. The Kier molecular flexibility index (Phi) is 9.98. The number of halogens is 3. The van der Waals surface area contributed by atoms with E-state index in [1.165, 1.54) is 12.8 Å². The first-order valence-electron chi connectivity index (χ1n) is 8.73. The SMILES string of the molecule is CCCCC[C@H](c1cc(F)c(OCC)c(Cl)c1)N1CCNCC1.Cl. The number of unbranched alkanes of at least 4 members (excludes halogenated alkanes) is 2. The Hall–Kier alpha value is -0.550. The monoisotopic (exact) mass is 378 g/mol. The van der Waals surface area contributed by atoms with Crippen LogP contribution in [0.3, 0.4) is 0 Å². The Bertz CT molecular complexity index is 473. The van der Waals surface area contributed by atoms with Gasteiger partial charge in [-0.2, -0.15) is 0 Å². The van der Waals surface area contributed by atoms with Crippen LogP contribution in [0.2, 0.25) is 5.02 Å². The number of hydrogen-bond acceptors (Lipinski definition) is 3. The lowest BCUT2D eigenvalue weighted by Gasteiger charge is -2.35. The van der Waals surface area contributed by atoms with E-state index in [0.717, 1.165) is 44.6 Å². The summed E-state index contributed by atoms with van der Waals surface area (Å²) < 4.78 is 19.7. The third-order valence-electron chi connectivity index (χ3n) is 4.37. The highest BCUT2D eigenvalue weighted by Crippen LogP contribution is 2.35. The van der Waals surface area contributed by atoms with Gasteiger partial charge in [0.25, 0.3) is 0 Å². The normalized spacial score (nSPS) is 16.5. The number of hydrogen-bond donors (Lipinski definition) is 1. The molecular weight excluding hydrogens is 350 g/mol. The van der Waals surface area contributed by atoms with Crippen molar-refractivity contribution < 1.29 is 9.13 Å². The summed E-state index contributed by atoms with van der Waals surface area (Å²) in [6.07, 6.45) is 4.58. The Morgan fingerprint density at radius 3 is 2.54 bits per heavy atom. The van der Waals surface area contributed by atoms with Crippen LogP contribution in [-0.4, -0.2) is 37.7 Å². The third kappa shape index (κ3) is 5.76. The zero-order valence-electron chi connectivity index (χ0n) is 14.6. The molecule has 6 heteroatoms. The second-order valence-corrected chi connectivity index (χ2v) is 6.45. The molecule has 3 nitrogen and oxygen atoms in total. The highest BCUT2D eigenvalue weighted by Gasteiger charge is 2.24. The van der Waals surface area contributed by atoms with Crippen molar-refractivity contribution in [1.29, 1.82) is 0 Å². The van der Waals surface area contributed by atoms with Crippen molar-refractivity contribution in [2.75, 3.05) is 32.8 Å². The van der Waals surface area contributed by atoms with Crippen LogP contribution in [0.25, 0.3) is 0 Å². The summed E-state index contributed by atoms with van der Waals surface area (Å²) in [7, 11) is 0. The minimum absolute atomic E-state index is 0. The van der Waals surface area contributed by atoms with Crippen molar-refractivity contribution in [3.63, 3.8) is 0 Å². The first kappa shape index (κ1) is 21.5. The van der Waals surface area contributed by atoms with Gasteiger partial charge in [-0.1, -0.05) is 37.8 Å². The van der Waals surface area contributed by atoms with E-state index in [-0.39, 0.29) is 30.0 Å². The summed E-state index contributed by atoms with van der Waals surface area (Å²) in [5.41, 5.74) is 0.967.